The predicted octanol–water partition coefficient (Wildman–Crippen LogP) is -2.05. The molecule has 2 heterocycles. The first-order valence-electron chi connectivity index (χ1n) is 6.58. The third-order valence-corrected chi connectivity index (χ3v) is 3.36. The van der Waals surface area contributed by atoms with Gasteiger partial charge in [0.05, 0.1) is 19.8 Å². The van der Waals surface area contributed by atoms with E-state index in [0.29, 0.717) is 6.61 Å². The van der Waals surface area contributed by atoms with E-state index in [1.807, 2.05) is 0 Å². The van der Waals surface area contributed by atoms with Crippen molar-refractivity contribution in [2.24, 2.45) is 0 Å². The van der Waals surface area contributed by atoms with E-state index in [9.17, 15) is 15.3 Å². The number of ether oxygens (including phenoxy) is 4. The highest BCUT2D eigenvalue weighted by molar-refractivity contribution is 4.89. The van der Waals surface area contributed by atoms with E-state index in [4.69, 9.17) is 24.1 Å². The molecule has 4 N–H and O–H groups in total. The van der Waals surface area contributed by atoms with Crippen molar-refractivity contribution in [3.63, 3.8) is 0 Å². The molecule has 1 unspecified atom stereocenters. The SMILES string of the molecule is CC1(C)OCC(CO[C@@H]2O[C@H](CO)[C@H](O)[C@H](O)[C@H]2O)O1. The molecule has 0 aromatic rings. The van der Waals surface area contributed by atoms with Gasteiger partial charge in [-0.25, -0.2) is 0 Å². The summed E-state index contributed by atoms with van der Waals surface area (Å²) in [5.74, 6) is -0.677. The van der Waals surface area contributed by atoms with Crippen LogP contribution < -0.4 is 0 Å². The molecule has 6 atom stereocenters. The van der Waals surface area contributed by atoms with E-state index < -0.39 is 43.1 Å². The van der Waals surface area contributed by atoms with E-state index >= 15 is 0 Å². The lowest BCUT2D eigenvalue weighted by Gasteiger charge is -2.39. The van der Waals surface area contributed by atoms with Crippen LogP contribution in [0.3, 0.4) is 0 Å². The van der Waals surface area contributed by atoms with Gasteiger partial charge in [0.1, 0.15) is 30.5 Å². The van der Waals surface area contributed by atoms with Crippen molar-refractivity contribution in [1.82, 2.24) is 0 Å². The standard InChI is InChI=1S/C12H22O8/c1-12(2)18-5-6(20-12)4-17-11-10(16)9(15)8(14)7(3-13)19-11/h6-11,13-16H,3-5H2,1-2H3/t6?,7-,8+,9+,10-,11-/m1/s1. The molecule has 2 rings (SSSR count). The Balaban J connectivity index is 1.86. The molecule has 8 heteroatoms. The Hall–Kier alpha value is -0.320. The maximum Gasteiger partial charge on any atom is 0.186 e. The van der Waals surface area contributed by atoms with Gasteiger partial charge in [-0.15, -0.1) is 0 Å². The fourth-order valence-electron chi connectivity index (χ4n) is 2.25. The molecule has 20 heavy (non-hydrogen) atoms. The minimum atomic E-state index is -1.44. The number of hydrogen-bond donors (Lipinski definition) is 4. The van der Waals surface area contributed by atoms with Crippen molar-refractivity contribution in [3.05, 3.63) is 0 Å². The predicted molar refractivity (Wildman–Crippen MR) is 64.6 cm³/mol. The Kier molecular flexibility index (Phi) is 4.98. The maximum absolute atomic E-state index is 9.78. The lowest BCUT2D eigenvalue weighted by atomic mass is 9.99. The van der Waals surface area contributed by atoms with Gasteiger partial charge in [0.25, 0.3) is 0 Å². The highest BCUT2D eigenvalue weighted by Gasteiger charge is 2.44. The fraction of sp³-hybridized carbons (Fsp3) is 1.00. The molecule has 0 radical (unpaired) electrons. The van der Waals surface area contributed by atoms with Crippen LogP contribution >= 0.6 is 0 Å². The Morgan fingerprint density at radius 3 is 2.40 bits per heavy atom. The summed E-state index contributed by atoms with van der Waals surface area (Å²) in [5, 5.41) is 38.1. The van der Waals surface area contributed by atoms with Gasteiger partial charge >= 0.3 is 0 Å². The summed E-state index contributed by atoms with van der Waals surface area (Å²) >= 11 is 0. The third kappa shape index (κ3) is 3.46. The molecule has 0 aromatic heterocycles. The van der Waals surface area contributed by atoms with E-state index in [2.05, 4.69) is 0 Å². The molecule has 0 amide bonds. The zero-order valence-corrected chi connectivity index (χ0v) is 11.5. The van der Waals surface area contributed by atoms with Crippen molar-refractivity contribution in [2.45, 2.75) is 56.4 Å². The monoisotopic (exact) mass is 294 g/mol. The second kappa shape index (κ2) is 6.20. The van der Waals surface area contributed by atoms with E-state index in [0.717, 1.165) is 0 Å². The lowest BCUT2D eigenvalue weighted by Crippen LogP contribution is -2.59. The average Bonchev–Trinajstić information content (AvgIpc) is 2.75. The molecular formula is C12H22O8. The van der Waals surface area contributed by atoms with Gasteiger partial charge in [-0.1, -0.05) is 0 Å². The molecule has 0 bridgehead atoms. The summed E-state index contributed by atoms with van der Waals surface area (Å²) in [6, 6.07) is 0. The average molecular weight is 294 g/mol. The molecular weight excluding hydrogens is 272 g/mol. The molecule has 0 aliphatic carbocycles. The van der Waals surface area contributed by atoms with Crippen molar-refractivity contribution in [1.29, 1.82) is 0 Å². The van der Waals surface area contributed by atoms with Crippen LogP contribution in [0.15, 0.2) is 0 Å². The topological polar surface area (TPSA) is 118 Å². The van der Waals surface area contributed by atoms with Crippen LogP contribution in [-0.4, -0.2) is 82.8 Å². The Labute approximate surface area is 116 Å². The fourth-order valence-corrected chi connectivity index (χ4v) is 2.25. The van der Waals surface area contributed by atoms with Crippen molar-refractivity contribution in [2.75, 3.05) is 19.8 Å². The van der Waals surface area contributed by atoms with Gasteiger partial charge in [-0.2, -0.15) is 0 Å². The molecule has 0 aromatic carbocycles. The molecule has 2 saturated heterocycles. The molecule has 2 fully saturated rings. The van der Waals surface area contributed by atoms with E-state index in [-0.39, 0.29) is 12.7 Å². The first-order chi connectivity index (χ1) is 9.34. The first-order valence-corrected chi connectivity index (χ1v) is 6.58. The summed E-state index contributed by atoms with van der Waals surface area (Å²) in [7, 11) is 0. The Morgan fingerprint density at radius 2 is 1.85 bits per heavy atom. The van der Waals surface area contributed by atoms with Crippen LogP contribution in [0.2, 0.25) is 0 Å². The van der Waals surface area contributed by atoms with Gasteiger partial charge in [-0.05, 0) is 13.8 Å². The van der Waals surface area contributed by atoms with E-state index in [1.165, 1.54) is 0 Å². The normalized spacial score (nSPS) is 44.7. The first kappa shape index (κ1) is 16.1. The largest absolute Gasteiger partial charge is 0.394 e. The van der Waals surface area contributed by atoms with Crippen LogP contribution in [0, 0.1) is 0 Å². The second-order valence-corrected chi connectivity index (χ2v) is 5.48. The number of aliphatic hydroxyl groups excluding tert-OH is 4. The Bertz CT molecular complexity index is 321. The van der Waals surface area contributed by atoms with Crippen LogP contribution in [0.5, 0.6) is 0 Å². The summed E-state index contributed by atoms with van der Waals surface area (Å²) < 4.78 is 21.5. The molecule has 2 aliphatic rings. The quantitative estimate of drug-likeness (QED) is 0.468. The maximum atomic E-state index is 9.78. The van der Waals surface area contributed by atoms with Crippen LogP contribution in [0.1, 0.15) is 13.8 Å². The number of rotatable bonds is 4. The number of aliphatic hydroxyl groups is 4. The summed E-state index contributed by atoms with van der Waals surface area (Å²) in [4.78, 5) is 0. The van der Waals surface area contributed by atoms with Crippen molar-refractivity contribution < 1.29 is 39.4 Å². The zero-order valence-electron chi connectivity index (χ0n) is 11.5. The van der Waals surface area contributed by atoms with E-state index in [1.54, 1.807) is 13.8 Å². The molecule has 8 nitrogen and oxygen atoms in total. The van der Waals surface area contributed by atoms with Gasteiger partial charge in [0.2, 0.25) is 0 Å². The van der Waals surface area contributed by atoms with Gasteiger partial charge < -0.3 is 39.4 Å². The third-order valence-electron chi connectivity index (χ3n) is 3.36. The van der Waals surface area contributed by atoms with Gasteiger partial charge in [-0.3, -0.25) is 0 Å². The summed E-state index contributed by atoms with van der Waals surface area (Å²) in [5.41, 5.74) is 0. The second-order valence-electron chi connectivity index (χ2n) is 5.48. The molecule has 118 valence electrons. The smallest absolute Gasteiger partial charge is 0.186 e. The zero-order chi connectivity index (χ0) is 14.9. The highest BCUT2D eigenvalue weighted by atomic mass is 16.8. The van der Waals surface area contributed by atoms with Crippen molar-refractivity contribution >= 4 is 0 Å². The van der Waals surface area contributed by atoms with Gasteiger partial charge in [0.15, 0.2) is 12.1 Å². The molecule has 0 saturated carbocycles. The number of hydrogen-bond acceptors (Lipinski definition) is 8. The van der Waals surface area contributed by atoms with Crippen LogP contribution in [-0.2, 0) is 18.9 Å². The molecule has 0 spiro atoms. The molecule has 2 aliphatic heterocycles. The van der Waals surface area contributed by atoms with Crippen molar-refractivity contribution in [3.8, 4) is 0 Å². The lowest BCUT2D eigenvalue weighted by molar-refractivity contribution is -0.305. The summed E-state index contributed by atoms with van der Waals surface area (Å²) in [6.45, 7) is 3.53. The highest BCUT2D eigenvalue weighted by Crippen LogP contribution is 2.25. The van der Waals surface area contributed by atoms with Crippen LogP contribution in [0.25, 0.3) is 0 Å². The van der Waals surface area contributed by atoms with Gasteiger partial charge in [0, 0.05) is 0 Å². The minimum Gasteiger partial charge on any atom is -0.394 e. The summed E-state index contributed by atoms with van der Waals surface area (Å²) in [6.07, 6.45) is -6.66. The van der Waals surface area contributed by atoms with Crippen LogP contribution in [0.4, 0.5) is 0 Å². The minimum absolute atomic E-state index is 0.103. The Morgan fingerprint density at radius 1 is 1.15 bits per heavy atom.